The maximum Gasteiger partial charge on any atom is 0.224 e. The first-order valence-corrected chi connectivity index (χ1v) is 11.1. The van der Waals surface area contributed by atoms with Crippen LogP contribution in [0.25, 0.3) is 0 Å². The second kappa shape index (κ2) is 11.5. The Kier molecular flexibility index (Phi) is 8.69. The van der Waals surface area contributed by atoms with E-state index < -0.39 is 0 Å². The molecule has 2 aromatic carbocycles. The molecule has 0 spiro atoms. The number of nitrogens with one attached hydrogen (secondary N) is 1. The number of rotatable bonds is 9. The maximum absolute atomic E-state index is 12.3. The first-order valence-electron chi connectivity index (χ1n) is 10.3. The molecule has 0 aromatic heterocycles. The van der Waals surface area contributed by atoms with Gasteiger partial charge in [-0.15, -0.1) is 0 Å². The fraction of sp³-hybridized carbons (Fsp3) is 0.435. The van der Waals surface area contributed by atoms with Crippen molar-refractivity contribution in [2.24, 2.45) is 0 Å². The largest absolute Gasteiger partial charge is 0.497 e. The number of nitrogens with zero attached hydrogens (tertiary/aromatic N) is 1. The fourth-order valence-corrected chi connectivity index (χ4v) is 3.87. The van der Waals surface area contributed by atoms with Gasteiger partial charge < -0.3 is 24.4 Å². The zero-order chi connectivity index (χ0) is 22.2. The Balaban J connectivity index is 1.37. The van der Waals surface area contributed by atoms with Gasteiger partial charge in [-0.05, 0) is 31.0 Å². The average Bonchev–Trinajstić information content (AvgIpc) is 2.77. The molecular formula is C23H28Cl2N2O4. The number of hydrogen-bond donors (Lipinski definition) is 1. The van der Waals surface area contributed by atoms with Crippen LogP contribution in [0.3, 0.4) is 0 Å². The lowest BCUT2D eigenvalue weighted by atomic mass is 10.1. The Labute approximate surface area is 193 Å². The van der Waals surface area contributed by atoms with Gasteiger partial charge in [0.25, 0.3) is 0 Å². The van der Waals surface area contributed by atoms with Crippen LogP contribution in [0.15, 0.2) is 36.4 Å². The normalized spacial score (nSPS) is 14.8. The Morgan fingerprint density at radius 1 is 1.03 bits per heavy atom. The lowest BCUT2D eigenvalue weighted by Gasteiger charge is -2.32. The molecule has 1 saturated heterocycles. The van der Waals surface area contributed by atoms with E-state index in [1.165, 1.54) is 0 Å². The van der Waals surface area contributed by atoms with Gasteiger partial charge in [0.2, 0.25) is 5.91 Å². The molecule has 1 aliphatic rings. The number of hydrogen-bond acceptors (Lipinski definition) is 5. The molecule has 3 rings (SSSR count). The highest BCUT2D eigenvalue weighted by Crippen LogP contribution is 2.28. The molecular weight excluding hydrogens is 439 g/mol. The first-order chi connectivity index (χ1) is 15.0. The summed E-state index contributed by atoms with van der Waals surface area (Å²) in [6.45, 7) is 3.27. The third kappa shape index (κ3) is 6.92. The number of piperidine rings is 1. The zero-order valence-electron chi connectivity index (χ0n) is 17.8. The van der Waals surface area contributed by atoms with Gasteiger partial charge in [0.05, 0.1) is 30.7 Å². The molecule has 0 aliphatic carbocycles. The summed E-state index contributed by atoms with van der Waals surface area (Å²) >= 11 is 12.0. The molecule has 1 N–H and O–H groups in total. The molecule has 0 atom stereocenters. The molecule has 168 valence electrons. The minimum Gasteiger partial charge on any atom is -0.497 e. The number of amides is 1. The lowest BCUT2D eigenvalue weighted by Crippen LogP contribution is -2.42. The number of halogens is 2. The molecule has 1 fully saturated rings. The van der Waals surface area contributed by atoms with E-state index in [1.807, 2.05) is 18.2 Å². The first kappa shape index (κ1) is 23.5. The van der Waals surface area contributed by atoms with Crippen LogP contribution in [-0.4, -0.2) is 57.3 Å². The second-order valence-electron chi connectivity index (χ2n) is 7.44. The van der Waals surface area contributed by atoms with E-state index in [1.54, 1.807) is 32.4 Å². The van der Waals surface area contributed by atoms with E-state index in [2.05, 4.69) is 10.2 Å². The van der Waals surface area contributed by atoms with Gasteiger partial charge >= 0.3 is 0 Å². The summed E-state index contributed by atoms with van der Waals surface area (Å²) in [6, 6.07) is 10.8. The van der Waals surface area contributed by atoms with Crippen LogP contribution in [0.4, 0.5) is 0 Å². The number of benzene rings is 2. The SMILES string of the molecule is COc1ccc(CC(=O)NCCN2CCC(Oc3ccc(Cl)c(Cl)c3)CC2)c(OC)c1. The summed E-state index contributed by atoms with van der Waals surface area (Å²) in [5, 5.41) is 4.02. The highest BCUT2D eigenvalue weighted by atomic mass is 35.5. The van der Waals surface area contributed by atoms with Gasteiger partial charge in [0.1, 0.15) is 23.4 Å². The van der Waals surface area contributed by atoms with Gasteiger partial charge in [-0.25, -0.2) is 0 Å². The van der Waals surface area contributed by atoms with E-state index in [4.69, 9.17) is 37.4 Å². The van der Waals surface area contributed by atoms with E-state index in [-0.39, 0.29) is 18.4 Å². The maximum atomic E-state index is 12.3. The molecule has 1 heterocycles. The number of methoxy groups -OCH3 is 2. The molecule has 1 aliphatic heterocycles. The number of ether oxygens (including phenoxy) is 3. The summed E-state index contributed by atoms with van der Waals surface area (Å²) < 4.78 is 16.6. The molecule has 8 heteroatoms. The minimum atomic E-state index is -0.0266. The van der Waals surface area contributed by atoms with Crippen molar-refractivity contribution in [1.82, 2.24) is 10.2 Å². The smallest absolute Gasteiger partial charge is 0.224 e. The summed E-state index contributed by atoms with van der Waals surface area (Å²) in [5.74, 6) is 2.07. The predicted octanol–water partition coefficient (Wildman–Crippen LogP) is 4.21. The van der Waals surface area contributed by atoms with Crippen molar-refractivity contribution in [3.8, 4) is 17.2 Å². The van der Waals surface area contributed by atoms with E-state index in [0.717, 1.165) is 43.8 Å². The van der Waals surface area contributed by atoms with Gasteiger partial charge in [-0.1, -0.05) is 29.3 Å². The Morgan fingerprint density at radius 2 is 1.77 bits per heavy atom. The molecule has 2 aromatic rings. The summed E-state index contributed by atoms with van der Waals surface area (Å²) in [5.41, 5.74) is 0.834. The van der Waals surface area contributed by atoms with Crippen molar-refractivity contribution in [3.63, 3.8) is 0 Å². The molecule has 31 heavy (non-hydrogen) atoms. The van der Waals surface area contributed by atoms with Gasteiger partial charge in [-0.2, -0.15) is 0 Å². The molecule has 0 saturated carbocycles. The highest BCUT2D eigenvalue weighted by molar-refractivity contribution is 6.42. The van der Waals surface area contributed by atoms with Crippen LogP contribution in [0, 0.1) is 0 Å². The second-order valence-corrected chi connectivity index (χ2v) is 8.25. The fourth-order valence-electron chi connectivity index (χ4n) is 3.58. The van der Waals surface area contributed by atoms with E-state index >= 15 is 0 Å². The van der Waals surface area contributed by atoms with Crippen LogP contribution in [0.2, 0.25) is 10.0 Å². The van der Waals surface area contributed by atoms with Crippen molar-refractivity contribution in [2.75, 3.05) is 40.4 Å². The Morgan fingerprint density at radius 3 is 2.45 bits per heavy atom. The highest BCUT2D eigenvalue weighted by Gasteiger charge is 2.20. The molecule has 6 nitrogen and oxygen atoms in total. The molecule has 0 bridgehead atoms. The number of carbonyl (C=O) groups excluding carboxylic acids is 1. The van der Waals surface area contributed by atoms with Gasteiger partial charge in [0.15, 0.2) is 0 Å². The minimum absolute atomic E-state index is 0.0266. The van der Waals surface area contributed by atoms with Gasteiger partial charge in [-0.3, -0.25) is 4.79 Å². The van der Waals surface area contributed by atoms with Crippen LogP contribution in [0.5, 0.6) is 17.2 Å². The van der Waals surface area contributed by atoms with Crippen molar-refractivity contribution in [1.29, 1.82) is 0 Å². The van der Waals surface area contributed by atoms with Crippen LogP contribution in [-0.2, 0) is 11.2 Å². The van der Waals surface area contributed by atoms with Crippen molar-refractivity contribution in [3.05, 3.63) is 52.0 Å². The van der Waals surface area contributed by atoms with E-state index in [9.17, 15) is 4.79 Å². The zero-order valence-corrected chi connectivity index (χ0v) is 19.3. The van der Waals surface area contributed by atoms with Gasteiger partial charge in [0, 0.05) is 43.9 Å². The molecule has 1 amide bonds. The predicted molar refractivity (Wildman–Crippen MR) is 123 cm³/mol. The van der Waals surface area contributed by atoms with Crippen LogP contribution < -0.4 is 19.5 Å². The van der Waals surface area contributed by atoms with Crippen molar-refractivity contribution >= 4 is 29.1 Å². The third-order valence-electron chi connectivity index (χ3n) is 5.32. The van der Waals surface area contributed by atoms with Crippen molar-refractivity contribution < 1.29 is 19.0 Å². The number of carbonyl (C=O) groups is 1. The topological polar surface area (TPSA) is 60.0 Å². The summed E-state index contributed by atoms with van der Waals surface area (Å²) in [4.78, 5) is 14.7. The average molecular weight is 467 g/mol. The summed E-state index contributed by atoms with van der Waals surface area (Å²) in [6.07, 6.45) is 2.28. The lowest BCUT2D eigenvalue weighted by molar-refractivity contribution is -0.120. The standard InChI is InChI=1S/C23H28Cl2N2O4/c1-29-18-4-3-16(22(15-18)30-2)13-23(28)26-9-12-27-10-7-17(8-11-27)31-19-5-6-20(24)21(25)14-19/h3-6,14-15,17H,7-13H2,1-2H3,(H,26,28). The Bertz CT molecular complexity index is 886. The van der Waals surface area contributed by atoms with Crippen LogP contribution >= 0.6 is 23.2 Å². The quantitative estimate of drug-likeness (QED) is 0.599. The molecule has 0 radical (unpaired) electrons. The van der Waals surface area contributed by atoms with Crippen LogP contribution in [0.1, 0.15) is 18.4 Å². The summed E-state index contributed by atoms with van der Waals surface area (Å²) in [7, 11) is 3.19. The Hall–Kier alpha value is -2.15. The van der Waals surface area contributed by atoms with Crippen molar-refractivity contribution in [2.45, 2.75) is 25.4 Å². The molecule has 0 unspecified atom stereocenters. The van der Waals surface area contributed by atoms with E-state index in [0.29, 0.717) is 28.1 Å². The third-order valence-corrected chi connectivity index (χ3v) is 6.06. The monoisotopic (exact) mass is 466 g/mol. The number of likely N-dealkylation sites (tertiary alicyclic amines) is 1.